The average molecular weight is 288 g/mol. The third kappa shape index (κ3) is 3.21. The molecule has 21 heavy (non-hydrogen) atoms. The Kier molecular flexibility index (Phi) is 4.44. The normalized spacial score (nSPS) is 23.8. The molecule has 1 fully saturated rings. The molecule has 1 amide bonds. The van der Waals surface area contributed by atoms with Gasteiger partial charge in [-0.05, 0) is 43.7 Å². The molecule has 0 bridgehead atoms. The molecule has 0 aromatic heterocycles. The second-order valence-corrected chi connectivity index (χ2v) is 6.10. The van der Waals surface area contributed by atoms with Crippen molar-refractivity contribution >= 4 is 11.6 Å². The van der Waals surface area contributed by atoms with Crippen molar-refractivity contribution in [1.82, 2.24) is 5.32 Å². The van der Waals surface area contributed by atoms with Crippen LogP contribution in [0.25, 0.3) is 0 Å². The van der Waals surface area contributed by atoms with Crippen molar-refractivity contribution in [1.29, 1.82) is 0 Å². The van der Waals surface area contributed by atoms with Crippen molar-refractivity contribution in [3.05, 3.63) is 29.8 Å². The Balaban J connectivity index is 1.66. The molecule has 1 aromatic rings. The van der Waals surface area contributed by atoms with Crippen LogP contribution in [-0.4, -0.2) is 31.7 Å². The summed E-state index contributed by atoms with van der Waals surface area (Å²) in [5.41, 5.74) is 2.23. The number of ether oxygens (including phenoxy) is 1. The van der Waals surface area contributed by atoms with E-state index in [1.807, 2.05) is 12.1 Å². The number of amides is 1. The van der Waals surface area contributed by atoms with Crippen molar-refractivity contribution in [2.24, 2.45) is 5.92 Å². The maximum atomic E-state index is 12.6. The molecule has 2 aliphatic rings. The topological polar surface area (TPSA) is 50.4 Å². The van der Waals surface area contributed by atoms with Gasteiger partial charge in [0.05, 0.1) is 5.92 Å². The third-order valence-electron chi connectivity index (χ3n) is 4.74. The van der Waals surface area contributed by atoms with Gasteiger partial charge in [-0.1, -0.05) is 18.2 Å². The first kappa shape index (κ1) is 14.4. The summed E-state index contributed by atoms with van der Waals surface area (Å²) in [5, 5.41) is 6.61. The van der Waals surface area contributed by atoms with Crippen LogP contribution in [0.4, 0.5) is 5.69 Å². The predicted octanol–water partition coefficient (Wildman–Crippen LogP) is 2.52. The highest BCUT2D eigenvalue weighted by molar-refractivity contribution is 5.86. The fraction of sp³-hybridized carbons (Fsp3) is 0.588. The van der Waals surface area contributed by atoms with Gasteiger partial charge < -0.3 is 15.4 Å². The molecule has 4 heteroatoms. The van der Waals surface area contributed by atoms with Gasteiger partial charge in [-0.25, -0.2) is 0 Å². The van der Waals surface area contributed by atoms with E-state index in [9.17, 15) is 4.79 Å². The van der Waals surface area contributed by atoms with Crippen LogP contribution in [0.5, 0.6) is 0 Å². The molecule has 0 aliphatic carbocycles. The van der Waals surface area contributed by atoms with E-state index in [4.69, 9.17) is 4.74 Å². The fourth-order valence-electron chi connectivity index (χ4n) is 3.40. The van der Waals surface area contributed by atoms with Crippen molar-refractivity contribution < 1.29 is 9.53 Å². The lowest BCUT2D eigenvalue weighted by Crippen LogP contribution is -2.43. The Hall–Kier alpha value is -1.55. The highest BCUT2D eigenvalue weighted by atomic mass is 16.5. The molecule has 0 spiro atoms. The maximum absolute atomic E-state index is 12.6. The van der Waals surface area contributed by atoms with E-state index in [1.54, 1.807) is 0 Å². The number of hydrogen-bond acceptors (Lipinski definition) is 3. The van der Waals surface area contributed by atoms with Crippen molar-refractivity contribution in [2.45, 2.75) is 38.1 Å². The number of nitrogens with one attached hydrogen (secondary N) is 2. The fourth-order valence-corrected chi connectivity index (χ4v) is 3.40. The number of carbonyl (C=O) groups is 1. The van der Waals surface area contributed by atoms with E-state index in [0.29, 0.717) is 5.92 Å². The van der Waals surface area contributed by atoms with Gasteiger partial charge in [0.2, 0.25) is 5.91 Å². The van der Waals surface area contributed by atoms with Crippen LogP contribution in [-0.2, 0) is 9.53 Å². The maximum Gasteiger partial charge on any atom is 0.227 e. The zero-order valence-corrected chi connectivity index (χ0v) is 12.6. The molecule has 4 nitrogen and oxygen atoms in total. The standard InChI is InChI=1S/C17H24N2O2/c1-12(13-7-10-21-11-8-13)19-17(20)15-6-9-18-16-5-3-2-4-14(15)16/h2-5,12-13,15,18H,6-11H2,1H3,(H,19,20). The molecule has 0 radical (unpaired) electrons. The van der Waals surface area contributed by atoms with E-state index in [2.05, 4.69) is 29.7 Å². The largest absolute Gasteiger partial charge is 0.385 e. The average Bonchev–Trinajstić information content (AvgIpc) is 2.55. The van der Waals surface area contributed by atoms with E-state index < -0.39 is 0 Å². The highest BCUT2D eigenvalue weighted by Gasteiger charge is 2.29. The molecule has 2 unspecified atom stereocenters. The highest BCUT2D eigenvalue weighted by Crippen LogP contribution is 2.31. The Labute approximate surface area is 126 Å². The summed E-state index contributed by atoms with van der Waals surface area (Å²) in [7, 11) is 0. The molecule has 2 heterocycles. The Morgan fingerprint density at radius 1 is 1.29 bits per heavy atom. The first-order valence-electron chi connectivity index (χ1n) is 7.96. The van der Waals surface area contributed by atoms with E-state index in [-0.39, 0.29) is 17.9 Å². The van der Waals surface area contributed by atoms with Gasteiger partial charge in [-0.2, -0.15) is 0 Å². The van der Waals surface area contributed by atoms with E-state index in [0.717, 1.165) is 50.3 Å². The number of carbonyl (C=O) groups excluding carboxylic acids is 1. The van der Waals surface area contributed by atoms with Crippen LogP contribution in [0, 0.1) is 5.92 Å². The minimum atomic E-state index is -0.0234. The molecule has 2 N–H and O–H groups in total. The number of para-hydroxylation sites is 1. The summed E-state index contributed by atoms with van der Waals surface area (Å²) in [6.07, 6.45) is 2.96. The Morgan fingerprint density at radius 3 is 2.86 bits per heavy atom. The smallest absolute Gasteiger partial charge is 0.227 e. The quantitative estimate of drug-likeness (QED) is 0.898. The van der Waals surface area contributed by atoms with Gasteiger partial charge in [0.25, 0.3) is 0 Å². The van der Waals surface area contributed by atoms with E-state index in [1.165, 1.54) is 0 Å². The number of hydrogen-bond donors (Lipinski definition) is 2. The second kappa shape index (κ2) is 6.48. The van der Waals surface area contributed by atoms with Crippen molar-refractivity contribution in [2.75, 3.05) is 25.1 Å². The Bertz CT molecular complexity index is 497. The summed E-state index contributed by atoms with van der Waals surface area (Å²) in [6.45, 7) is 4.63. The molecule has 2 aliphatic heterocycles. The minimum Gasteiger partial charge on any atom is -0.385 e. The molecule has 114 valence electrons. The van der Waals surface area contributed by atoms with Gasteiger partial charge in [0.15, 0.2) is 0 Å². The van der Waals surface area contributed by atoms with E-state index >= 15 is 0 Å². The van der Waals surface area contributed by atoms with Crippen LogP contribution in [0.15, 0.2) is 24.3 Å². The van der Waals surface area contributed by atoms with Crippen LogP contribution in [0.2, 0.25) is 0 Å². The lowest BCUT2D eigenvalue weighted by atomic mass is 9.88. The summed E-state index contributed by atoms with van der Waals surface area (Å²) < 4.78 is 5.40. The number of anilines is 1. The first-order valence-corrected chi connectivity index (χ1v) is 7.96. The summed E-state index contributed by atoms with van der Waals surface area (Å²) in [6, 6.07) is 8.36. The van der Waals surface area contributed by atoms with Gasteiger partial charge >= 0.3 is 0 Å². The monoisotopic (exact) mass is 288 g/mol. The summed E-state index contributed by atoms with van der Waals surface area (Å²) in [5.74, 6) is 0.687. The first-order chi connectivity index (χ1) is 10.3. The lowest BCUT2D eigenvalue weighted by molar-refractivity contribution is -0.124. The van der Waals surface area contributed by atoms with Crippen LogP contribution in [0.3, 0.4) is 0 Å². The van der Waals surface area contributed by atoms with Crippen LogP contribution < -0.4 is 10.6 Å². The van der Waals surface area contributed by atoms with Crippen LogP contribution >= 0.6 is 0 Å². The Morgan fingerprint density at radius 2 is 2.05 bits per heavy atom. The molecule has 0 saturated carbocycles. The van der Waals surface area contributed by atoms with Gasteiger partial charge in [0.1, 0.15) is 0 Å². The minimum absolute atomic E-state index is 0.0234. The number of fused-ring (bicyclic) bond motifs is 1. The summed E-state index contributed by atoms with van der Waals surface area (Å²) in [4.78, 5) is 12.6. The zero-order valence-electron chi connectivity index (χ0n) is 12.6. The molecule has 2 atom stereocenters. The van der Waals surface area contributed by atoms with Crippen molar-refractivity contribution in [3.63, 3.8) is 0 Å². The molecule has 1 aromatic carbocycles. The van der Waals surface area contributed by atoms with Gasteiger partial charge in [-0.15, -0.1) is 0 Å². The van der Waals surface area contributed by atoms with Gasteiger partial charge in [0, 0.05) is 31.5 Å². The molecule has 1 saturated heterocycles. The predicted molar refractivity (Wildman–Crippen MR) is 83.4 cm³/mol. The van der Waals surface area contributed by atoms with Gasteiger partial charge in [-0.3, -0.25) is 4.79 Å². The van der Waals surface area contributed by atoms with Crippen molar-refractivity contribution in [3.8, 4) is 0 Å². The zero-order chi connectivity index (χ0) is 14.7. The summed E-state index contributed by atoms with van der Waals surface area (Å²) >= 11 is 0. The molecule has 3 rings (SSSR count). The second-order valence-electron chi connectivity index (χ2n) is 6.10. The third-order valence-corrected chi connectivity index (χ3v) is 4.74. The SMILES string of the molecule is CC(NC(=O)C1CCNc2ccccc21)C1CCOCC1. The number of benzene rings is 1. The molecular weight excluding hydrogens is 264 g/mol. The molecular formula is C17H24N2O2. The lowest BCUT2D eigenvalue weighted by Gasteiger charge is -2.31. The number of rotatable bonds is 3. The van der Waals surface area contributed by atoms with Crippen LogP contribution in [0.1, 0.15) is 37.7 Å².